The van der Waals surface area contributed by atoms with E-state index in [2.05, 4.69) is 5.10 Å². The van der Waals surface area contributed by atoms with Crippen LogP contribution in [0.5, 0.6) is 0 Å². The molecule has 0 aliphatic heterocycles. The van der Waals surface area contributed by atoms with Crippen molar-refractivity contribution < 1.29 is 9.72 Å². The van der Waals surface area contributed by atoms with E-state index in [9.17, 15) is 14.9 Å². The summed E-state index contributed by atoms with van der Waals surface area (Å²) in [5.41, 5.74) is -0.0970. The molecule has 0 N–H and O–H groups in total. The molecule has 8 nitrogen and oxygen atoms in total. The maximum atomic E-state index is 11.6. The zero-order valence-electron chi connectivity index (χ0n) is 9.94. The summed E-state index contributed by atoms with van der Waals surface area (Å²) in [4.78, 5) is 23.0. The van der Waals surface area contributed by atoms with E-state index in [4.69, 9.17) is 5.26 Å². The van der Waals surface area contributed by atoms with Crippen LogP contribution in [-0.4, -0.2) is 39.1 Å². The van der Waals surface area contributed by atoms with Gasteiger partial charge in [0.25, 0.3) is 0 Å². The molecule has 0 radical (unpaired) electrons. The van der Waals surface area contributed by atoms with Crippen LogP contribution >= 0.6 is 0 Å². The molecule has 0 aliphatic rings. The first-order chi connectivity index (χ1) is 8.54. The van der Waals surface area contributed by atoms with Crippen molar-refractivity contribution in [1.82, 2.24) is 14.7 Å². The van der Waals surface area contributed by atoms with E-state index in [0.717, 1.165) is 6.20 Å². The lowest BCUT2D eigenvalue weighted by molar-refractivity contribution is -0.385. The van der Waals surface area contributed by atoms with Gasteiger partial charge in [0.1, 0.15) is 12.4 Å². The average molecular weight is 251 g/mol. The number of hydrogen-bond acceptors (Lipinski definition) is 5. The minimum atomic E-state index is -0.537. The van der Waals surface area contributed by atoms with E-state index in [0.29, 0.717) is 6.54 Å². The smallest absolute Gasteiger partial charge is 0.306 e. The number of hydrogen-bond donors (Lipinski definition) is 0. The van der Waals surface area contributed by atoms with E-state index in [1.54, 1.807) is 7.05 Å². The molecule has 18 heavy (non-hydrogen) atoms. The van der Waals surface area contributed by atoms with Crippen molar-refractivity contribution in [2.45, 2.75) is 19.4 Å². The molecule has 96 valence electrons. The Labute approximate surface area is 104 Å². The zero-order chi connectivity index (χ0) is 13.5. The van der Waals surface area contributed by atoms with Crippen LogP contribution in [0.3, 0.4) is 0 Å². The molecule has 0 aromatic carbocycles. The second-order valence-electron chi connectivity index (χ2n) is 3.69. The first-order valence-electron chi connectivity index (χ1n) is 5.32. The van der Waals surface area contributed by atoms with Crippen LogP contribution in [0.1, 0.15) is 12.8 Å². The number of nitriles is 1. The lowest BCUT2D eigenvalue weighted by atomic mass is 10.3. The van der Waals surface area contributed by atoms with Gasteiger partial charge >= 0.3 is 5.69 Å². The highest BCUT2D eigenvalue weighted by molar-refractivity contribution is 5.75. The van der Waals surface area contributed by atoms with Crippen LogP contribution < -0.4 is 0 Å². The summed E-state index contributed by atoms with van der Waals surface area (Å²) < 4.78 is 1.36. The summed E-state index contributed by atoms with van der Waals surface area (Å²) in [6.07, 6.45) is 2.91. The Kier molecular flexibility index (Phi) is 4.80. The fraction of sp³-hybridized carbons (Fsp3) is 0.500. The van der Waals surface area contributed by atoms with Gasteiger partial charge in [-0.1, -0.05) is 0 Å². The van der Waals surface area contributed by atoms with Crippen LogP contribution in [0.2, 0.25) is 0 Å². The Bertz CT molecular complexity index is 476. The van der Waals surface area contributed by atoms with Gasteiger partial charge in [-0.25, -0.2) is 0 Å². The summed E-state index contributed by atoms with van der Waals surface area (Å²) in [5, 5.41) is 22.6. The van der Waals surface area contributed by atoms with Gasteiger partial charge in [-0.15, -0.1) is 0 Å². The van der Waals surface area contributed by atoms with Crippen LogP contribution in [0.4, 0.5) is 5.69 Å². The van der Waals surface area contributed by atoms with Gasteiger partial charge in [-0.2, -0.15) is 10.4 Å². The molecule has 0 unspecified atom stereocenters. The molecule has 1 amide bonds. The lowest BCUT2D eigenvalue weighted by Gasteiger charge is -2.14. The van der Waals surface area contributed by atoms with Crippen molar-refractivity contribution >= 4 is 11.6 Å². The van der Waals surface area contributed by atoms with Crippen LogP contribution in [0.25, 0.3) is 0 Å². The Morgan fingerprint density at radius 2 is 2.44 bits per heavy atom. The zero-order valence-corrected chi connectivity index (χ0v) is 9.94. The second kappa shape index (κ2) is 6.34. The molecule has 1 aromatic rings. The third-order valence-electron chi connectivity index (χ3n) is 2.37. The van der Waals surface area contributed by atoms with Gasteiger partial charge in [0.15, 0.2) is 0 Å². The van der Waals surface area contributed by atoms with E-state index in [-0.39, 0.29) is 31.0 Å². The normalized spacial score (nSPS) is 9.78. The summed E-state index contributed by atoms with van der Waals surface area (Å²) in [5.74, 6) is -0.122. The number of carbonyl (C=O) groups excluding carboxylic acids is 1. The third-order valence-corrected chi connectivity index (χ3v) is 2.37. The second-order valence-corrected chi connectivity index (χ2v) is 3.69. The summed E-state index contributed by atoms with van der Waals surface area (Å²) in [6, 6.07) is 1.96. The summed E-state index contributed by atoms with van der Waals surface area (Å²) >= 11 is 0. The number of nitro groups is 1. The third kappa shape index (κ3) is 3.86. The van der Waals surface area contributed by atoms with E-state index in [1.807, 2.05) is 6.07 Å². The van der Waals surface area contributed by atoms with Crippen molar-refractivity contribution in [2.24, 2.45) is 0 Å². The largest absolute Gasteiger partial charge is 0.345 e. The van der Waals surface area contributed by atoms with Crippen molar-refractivity contribution in [2.75, 3.05) is 13.6 Å². The minimum absolute atomic E-state index is 0.0970. The molecular weight excluding hydrogens is 238 g/mol. The Morgan fingerprint density at radius 1 is 1.72 bits per heavy atom. The first kappa shape index (κ1) is 13.6. The van der Waals surface area contributed by atoms with Crippen molar-refractivity contribution in [3.63, 3.8) is 0 Å². The Balaban J connectivity index is 2.42. The number of carbonyl (C=O) groups is 1. The molecule has 1 aromatic heterocycles. The van der Waals surface area contributed by atoms with E-state index >= 15 is 0 Å². The molecule has 1 rings (SSSR count). The van der Waals surface area contributed by atoms with Crippen molar-refractivity contribution in [3.8, 4) is 6.07 Å². The number of rotatable bonds is 6. The number of aromatic nitrogens is 2. The van der Waals surface area contributed by atoms with Crippen molar-refractivity contribution in [1.29, 1.82) is 5.26 Å². The van der Waals surface area contributed by atoms with Crippen LogP contribution in [0.15, 0.2) is 12.4 Å². The molecule has 1 heterocycles. The number of amides is 1. The molecule has 0 bridgehead atoms. The molecule has 8 heteroatoms. The van der Waals surface area contributed by atoms with Gasteiger partial charge in [-0.05, 0) is 0 Å². The lowest BCUT2D eigenvalue weighted by Crippen LogP contribution is -2.28. The Hall–Kier alpha value is -2.43. The molecule has 0 fully saturated rings. The van der Waals surface area contributed by atoms with Gasteiger partial charge in [0.05, 0.1) is 17.4 Å². The molecule has 0 saturated carbocycles. The molecule has 0 spiro atoms. The topological polar surface area (TPSA) is 105 Å². The summed E-state index contributed by atoms with van der Waals surface area (Å²) in [7, 11) is 1.62. The molecule has 0 atom stereocenters. The number of aryl methyl sites for hydroxylation is 1. The fourth-order valence-electron chi connectivity index (χ4n) is 1.31. The van der Waals surface area contributed by atoms with Gasteiger partial charge in [0, 0.05) is 26.6 Å². The highest BCUT2D eigenvalue weighted by Gasteiger charge is 2.11. The van der Waals surface area contributed by atoms with Gasteiger partial charge in [0.2, 0.25) is 5.91 Å². The van der Waals surface area contributed by atoms with E-state index in [1.165, 1.54) is 15.8 Å². The fourth-order valence-corrected chi connectivity index (χ4v) is 1.31. The first-order valence-corrected chi connectivity index (χ1v) is 5.32. The quantitative estimate of drug-likeness (QED) is 0.542. The van der Waals surface area contributed by atoms with Crippen molar-refractivity contribution in [3.05, 3.63) is 22.5 Å². The molecule has 0 aliphatic carbocycles. The summed E-state index contributed by atoms with van der Waals surface area (Å²) in [6.45, 7) is 0.665. The SMILES string of the molecule is CN(CCC#N)C(=O)CCn1cc([N+](=O)[O-])cn1. The molecular formula is C10H13N5O3. The van der Waals surface area contributed by atoms with Gasteiger partial charge < -0.3 is 4.90 Å². The Morgan fingerprint density at radius 3 is 3.00 bits per heavy atom. The highest BCUT2D eigenvalue weighted by atomic mass is 16.6. The maximum Gasteiger partial charge on any atom is 0.306 e. The van der Waals surface area contributed by atoms with E-state index < -0.39 is 4.92 Å². The number of nitrogens with zero attached hydrogens (tertiary/aromatic N) is 5. The minimum Gasteiger partial charge on any atom is -0.345 e. The average Bonchev–Trinajstić information content (AvgIpc) is 2.81. The maximum absolute atomic E-state index is 11.6. The van der Waals surface area contributed by atoms with Crippen LogP contribution in [-0.2, 0) is 11.3 Å². The predicted octanol–water partition coefficient (Wildman–Crippen LogP) is 0.553. The molecule has 0 saturated heterocycles. The predicted molar refractivity (Wildman–Crippen MR) is 61.4 cm³/mol. The highest BCUT2D eigenvalue weighted by Crippen LogP contribution is 2.08. The monoisotopic (exact) mass is 251 g/mol. The standard InChI is InChI=1S/C10H13N5O3/c1-13(5-2-4-11)10(16)3-6-14-8-9(7-12-14)15(17)18/h7-8H,2-3,5-6H2,1H3. The van der Waals surface area contributed by atoms with Crippen LogP contribution in [0, 0.1) is 21.4 Å². The van der Waals surface area contributed by atoms with Gasteiger partial charge in [-0.3, -0.25) is 19.6 Å².